The molecule has 0 saturated heterocycles. The molecular weight excluding hydrogens is 308 g/mol. The van der Waals surface area contributed by atoms with Crippen LogP contribution in [0, 0.1) is 6.92 Å². The van der Waals surface area contributed by atoms with Crippen molar-refractivity contribution >= 4 is 17.5 Å². The minimum absolute atomic E-state index is 0.0732. The van der Waals surface area contributed by atoms with Crippen LogP contribution < -0.4 is 11.1 Å². The maximum Gasteiger partial charge on any atom is 0.274 e. The van der Waals surface area contributed by atoms with Crippen LogP contribution >= 0.6 is 0 Å². The van der Waals surface area contributed by atoms with Crippen LogP contribution in [0.25, 0.3) is 5.82 Å². The fourth-order valence-electron chi connectivity index (χ4n) is 2.13. The molecule has 0 saturated carbocycles. The SMILES string of the molecule is Cc1cc(C(=O)Nc2ccnc(C(N)=O)c2)nc(-n2ccnc2)c1. The van der Waals surface area contributed by atoms with Gasteiger partial charge in [0.2, 0.25) is 0 Å². The lowest BCUT2D eigenvalue weighted by molar-refractivity contribution is 0.0991. The molecule has 0 aliphatic rings. The number of imidazole rings is 1. The molecule has 0 bridgehead atoms. The first-order chi connectivity index (χ1) is 11.5. The largest absolute Gasteiger partial charge is 0.364 e. The monoisotopic (exact) mass is 322 g/mol. The summed E-state index contributed by atoms with van der Waals surface area (Å²) >= 11 is 0. The second kappa shape index (κ2) is 6.29. The highest BCUT2D eigenvalue weighted by atomic mass is 16.2. The van der Waals surface area contributed by atoms with Crippen molar-refractivity contribution in [2.45, 2.75) is 6.92 Å². The Kier molecular flexibility index (Phi) is 4.02. The minimum Gasteiger partial charge on any atom is -0.364 e. The molecule has 0 spiro atoms. The number of nitrogens with two attached hydrogens (primary N) is 1. The molecule has 0 unspecified atom stereocenters. The molecule has 8 heteroatoms. The Hall–Kier alpha value is -3.55. The van der Waals surface area contributed by atoms with Crippen molar-refractivity contribution in [2.24, 2.45) is 5.73 Å². The molecule has 24 heavy (non-hydrogen) atoms. The Morgan fingerprint density at radius 2 is 2.00 bits per heavy atom. The molecular formula is C16H14N6O2. The highest BCUT2D eigenvalue weighted by Gasteiger charge is 2.12. The summed E-state index contributed by atoms with van der Waals surface area (Å²) in [4.78, 5) is 35.7. The summed E-state index contributed by atoms with van der Waals surface area (Å²) in [6, 6.07) is 6.49. The van der Waals surface area contributed by atoms with Gasteiger partial charge >= 0.3 is 0 Å². The average molecular weight is 322 g/mol. The lowest BCUT2D eigenvalue weighted by atomic mass is 10.2. The molecule has 0 radical (unpaired) electrons. The molecule has 0 aliphatic heterocycles. The van der Waals surface area contributed by atoms with Crippen LogP contribution in [0.2, 0.25) is 0 Å². The van der Waals surface area contributed by atoms with Gasteiger partial charge in [0.1, 0.15) is 23.5 Å². The Balaban J connectivity index is 1.88. The van der Waals surface area contributed by atoms with Crippen molar-refractivity contribution in [3.05, 3.63) is 66.1 Å². The van der Waals surface area contributed by atoms with Gasteiger partial charge in [0.15, 0.2) is 0 Å². The van der Waals surface area contributed by atoms with Crippen LogP contribution in [0.15, 0.2) is 49.2 Å². The number of hydrogen-bond donors (Lipinski definition) is 2. The Morgan fingerprint density at radius 3 is 2.71 bits per heavy atom. The van der Waals surface area contributed by atoms with Crippen LogP contribution in [-0.4, -0.2) is 31.3 Å². The first kappa shape index (κ1) is 15.3. The van der Waals surface area contributed by atoms with E-state index in [-0.39, 0.29) is 11.4 Å². The molecule has 8 nitrogen and oxygen atoms in total. The highest BCUT2D eigenvalue weighted by molar-refractivity contribution is 6.03. The standard InChI is InChI=1S/C16H14N6O2/c1-10-6-13(21-14(7-10)22-5-4-18-9-22)16(24)20-11-2-3-19-12(8-11)15(17)23/h2-9H,1H3,(H2,17,23)(H,19,20,24). The van der Waals surface area contributed by atoms with E-state index < -0.39 is 11.8 Å². The number of pyridine rings is 2. The van der Waals surface area contributed by atoms with E-state index in [2.05, 4.69) is 20.3 Å². The van der Waals surface area contributed by atoms with Crippen molar-refractivity contribution in [3.63, 3.8) is 0 Å². The number of carbonyl (C=O) groups is 2. The average Bonchev–Trinajstić information content (AvgIpc) is 3.09. The predicted molar refractivity (Wildman–Crippen MR) is 86.8 cm³/mol. The van der Waals surface area contributed by atoms with Gasteiger partial charge in [0, 0.05) is 24.3 Å². The summed E-state index contributed by atoms with van der Waals surface area (Å²) in [7, 11) is 0. The number of rotatable bonds is 4. The third kappa shape index (κ3) is 3.27. The fraction of sp³-hybridized carbons (Fsp3) is 0.0625. The van der Waals surface area contributed by atoms with Crippen LogP contribution in [-0.2, 0) is 0 Å². The number of amides is 2. The lowest BCUT2D eigenvalue weighted by Gasteiger charge is -2.08. The van der Waals surface area contributed by atoms with Crippen LogP contribution in [0.5, 0.6) is 0 Å². The summed E-state index contributed by atoms with van der Waals surface area (Å²) < 4.78 is 1.71. The van der Waals surface area contributed by atoms with Crippen molar-refractivity contribution in [2.75, 3.05) is 5.32 Å². The summed E-state index contributed by atoms with van der Waals surface area (Å²) in [6.45, 7) is 1.87. The van der Waals surface area contributed by atoms with E-state index in [9.17, 15) is 9.59 Å². The van der Waals surface area contributed by atoms with E-state index in [1.54, 1.807) is 35.4 Å². The van der Waals surface area contributed by atoms with E-state index >= 15 is 0 Å². The van der Waals surface area contributed by atoms with Gasteiger partial charge in [-0.3, -0.25) is 19.1 Å². The smallest absolute Gasteiger partial charge is 0.274 e. The third-order valence-electron chi connectivity index (χ3n) is 3.23. The molecule has 3 rings (SSSR count). The number of primary amides is 1. The van der Waals surface area contributed by atoms with E-state index in [1.165, 1.54) is 12.3 Å². The van der Waals surface area contributed by atoms with Gasteiger partial charge in [-0.05, 0) is 36.8 Å². The number of nitrogens with zero attached hydrogens (tertiary/aromatic N) is 4. The molecule has 0 atom stereocenters. The van der Waals surface area contributed by atoms with Crippen molar-refractivity contribution < 1.29 is 9.59 Å². The highest BCUT2D eigenvalue weighted by Crippen LogP contribution is 2.13. The van der Waals surface area contributed by atoms with Gasteiger partial charge in [-0.2, -0.15) is 0 Å². The molecule has 3 aromatic heterocycles. The fourth-order valence-corrected chi connectivity index (χ4v) is 2.13. The van der Waals surface area contributed by atoms with Gasteiger partial charge in [0.05, 0.1) is 0 Å². The van der Waals surface area contributed by atoms with Crippen LogP contribution in [0.3, 0.4) is 0 Å². The van der Waals surface area contributed by atoms with E-state index in [0.717, 1.165) is 5.56 Å². The maximum atomic E-state index is 12.4. The summed E-state index contributed by atoms with van der Waals surface area (Å²) in [5.41, 5.74) is 6.80. The van der Waals surface area contributed by atoms with E-state index in [0.29, 0.717) is 11.5 Å². The van der Waals surface area contributed by atoms with Gasteiger partial charge in [-0.1, -0.05) is 0 Å². The zero-order valence-electron chi connectivity index (χ0n) is 12.8. The number of aryl methyl sites for hydroxylation is 1. The Bertz CT molecular complexity index is 905. The zero-order chi connectivity index (χ0) is 17.1. The van der Waals surface area contributed by atoms with E-state index in [4.69, 9.17) is 5.73 Å². The van der Waals surface area contributed by atoms with Gasteiger partial charge in [-0.25, -0.2) is 9.97 Å². The Labute approximate surface area is 137 Å². The Morgan fingerprint density at radius 1 is 1.17 bits per heavy atom. The van der Waals surface area contributed by atoms with Crippen LogP contribution in [0.1, 0.15) is 26.5 Å². The van der Waals surface area contributed by atoms with Gasteiger partial charge < -0.3 is 11.1 Å². The molecule has 3 heterocycles. The second-order valence-corrected chi connectivity index (χ2v) is 5.11. The van der Waals surface area contributed by atoms with Crippen molar-refractivity contribution in [1.82, 2.24) is 19.5 Å². The zero-order valence-corrected chi connectivity index (χ0v) is 12.8. The molecule has 3 N–H and O–H groups in total. The van der Waals surface area contributed by atoms with Crippen molar-refractivity contribution in [3.8, 4) is 5.82 Å². The predicted octanol–water partition coefficient (Wildman–Crippen LogP) is 1.32. The number of anilines is 1. The minimum atomic E-state index is -0.665. The second-order valence-electron chi connectivity index (χ2n) is 5.11. The lowest BCUT2D eigenvalue weighted by Crippen LogP contribution is -2.17. The molecule has 0 fully saturated rings. The maximum absolute atomic E-state index is 12.4. The number of nitrogens with one attached hydrogen (secondary N) is 1. The topological polar surface area (TPSA) is 116 Å². The molecule has 120 valence electrons. The third-order valence-corrected chi connectivity index (χ3v) is 3.23. The number of carbonyl (C=O) groups excluding carboxylic acids is 2. The molecule has 3 aromatic rings. The van der Waals surface area contributed by atoms with Gasteiger partial charge in [0.25, 0.3) is 11.8 Å². The number of aromatic nitrogens is 4. The summed E-state index contributed by atoms with van der Waals surface area (Å²) in [5.74, 6) is -0.478. The first-order valence-electron chi connectivity index (χ1n) is 7.07. The molecule has 0 aromatic carbocycles. The van der Waals surface area contributed by atoms with Crippen LogP contribution in [0.4, 0.5) is 5.69 Å². The van der Waals surface area contributed by atoms with Gasteiger partial charge in [-0.15, -0.1) is 0 Å². The number of hydrogen-bond acceptors (Lipinski definition) is 5. The quantitative estimate of drug-likeness (QED) is 0.751. The first-order valence-corrected chi connectivity index (χ1v) is 7.07. The molecule has 0 aliphatic carbocycles. The van der Waals surface area contributed by atoms with Crippen molar-refractivity contribution in [1.29, 1.82) is 0 Å². The van der Waals surface area contributed by atoms with E-state index in [1.807, 2.05) is 13.0 Å². The molecule has 2 amide bonds. The normalized spacial score (nSPS) is 10.4. The summed E-state index contributed by atoms with van der Waals surface area (Å²) in [5, 5.41) is 2.68. The summed E-state index contributed by atoms with van der Waals surface area (Å²) in [6.07, 6.45) is 6.37.